The van der Waals surface area contributed by atoms with Crippen LogP contribution in [0.4, 0.5) is 0 Å². The summed E-state index contributed by atoms with van der Waals surface area (Å²) in [5.74, 6) is 1.09. The Morgan fingerprint density at radius 3 is 2.81 bits per heavy atom. The molecule has 0 radical (unpaired) electrons. The van der Waals surface area contributed by atoms with Crippen LogP contribution in [-0.4, -0.2) is 16.1 Å². The molecule has 0 aliphatic rings. The van der Waals surface area contributed by atoms with Gasteiger partial charge in [-0.05, 0) is 12.1 Å². The lowest BCUT2D eigenvalue weighted by atomic mass is 10.2. The van der Waals surface area contributed by atoms with Gasteiger partial charge in [-0.3, -0.25) is 0 Å². The van der Waals surface area contributed by atoms with Crippen LogP contribution in [0.15, 0.2) is 42.7 Å². The van der Waals surface area contributed by atoms with E-state index in [4.69, 9.17) is 0 Å². The van der Waals surface area contributed by atoms with E-state index >= 15 is 0 Å². The highest BCUT2D eigenvalue weighted by Gasteiger charge is 2.01. The van der Waals surface area contributed by atoms with Crippen molar-refractivity contribution in [2.75, 3.05) is 6.54 Å². The van der Waals surface area contributed by atoms with Crippen molar-refractivity contribution in [3.63, 3.8) is 0 Å². The van der Waals surface area contributed by atoms with Gasteiger partial charge in [-0.1, -0.05) is 37.3 Å². The van der Waals surface area contributed by atoms with Gasteiger partial charge in [0.2, 0.25) is 0 Å². The van der Waals surface area contributed by atoms with Crippen LogP contribution in [0.5, 0.6) is 0 Å². The second-order valence-electron chi connectivity index (χ2n) is 3.74. The van der Waals surface area contributed by atoms with Crippen LogP contribution in [0.1, 0.15) is 18.3 Å². The lowest BCUT2D eigenvalue weighted by Gasteiger charge is -2.08. The molecular formula is C13H17N3. The van der Waals surface area contributed by atoms with Crippen LogP contribution in [0.3, 0.4) is 0 Å². The topological polar surface area (TPSA) is 29.9 Å². The van der Waals surface area contributed by atoms with Gasteiger partial charge < -0.3 is 9.88 Å². The summed E-state index contributed by atoms with van der Waals surface area (Å²) in [7, 11) is 0. The van der Waals surface area contributed by atoms with Gasteiger partial charge in [0, 0.05) is 18.9 Å². The van der Waals surface area contributed by atoms with Crippen molar-refractivity contribution in [2.45, 2.75) is 20.0 Å². The quantitative estimate of drug-likeness (QED) is 0.827. The Kier molecular flexibility index (Phi) is 3.72. The zero-order valence-corrected chi connectivity index (χ0v) is 9.56. The van der Waals surface area contributed by atoms with Crippen LogP contribution >= 0.6 is 0 Å². The molecule has 16 heavy (non-hydrogen) atoms. The molecule has 1 N–H and O–H groups in total. The largest absolute Gasteiger partial charge is 0.329 e. The predicted octanol–water partition coefficient (Wildman–Crippen LogP) is 2.04. The van der Waals surface area contributed by atoms with Crippen LogP contribution in [-0.2, 0) is 13.1 Å². The average molecular weight is 215 g/mol. The lowest BCUT2D eigenvalue weighted by molar-refractivity contribution is 0.639. The minimum Gasteiger partial charge on any atom is -0.329 e. The Hall–Kier alpha value is -1.61. The minimum atomic E-state index is 0.830. The number of nitrogens with one attached hydrogen (secondary N) is 1. The SMILES string of the molecule is CCNCc1nccn1Cc1ccccc1. The fraction of sp³-hybridized carbons (Fsp3) is 0.308. The van der Waals surface area contributed by atoms with Crippen LogP contribution in [0.25, 0.3) is 0 Å². The maximum absolute atomic E-state index is 4.35. The van der Waals surface area contributed by atoms with Crippen LogP contribution in [0.2, 0.25) is 0 Å². The first-order valence-electron chi connectivity index (χ1n) is 5.65. The number of nitrogens with zero attached hydrogens (tertiary/aromatic N) is 2. The van der Waals surface area contributed by atoms with Gasteiger partial charge in [0.25, 0.3) is 0 Å². The van der Waals surface area contributed by atoms with Gasteiger partial charge in [0.1, 0.15) is 5.82 Å². The van der Waals surface area contributed by atoms with Gasteiger partial charge >= 0.3 is 0 Å². The summed E-state index contributed by atoms with van der Waals surface area (Å²) in [4.78, 5) is 4.35. The number of aromatic nitrogens is 2. The molecule has 0 aliphatic carbocycles. The average Bonchev–Trinajstić information content (AvgIpc) is 2.75. The van der Waals surface area contributed by atoms with Crippen molar-refractivity contribution >= 4 is 0 Å². The summed E-state index contributed by atoms with van der Waals surface area (Å²) in [6.07, 6.45) is 3.88. The molecule has 0 aliphatic heterocycles. The van der Waals surface area contributed by atoms with Crippen molar-refractivity contribution in [1.29, 1.82) is 0 Å². The molecule has 3 nitrogen and oxygen atoms in total. The standard InChI is InChI=1S/C13H17N3/c1-2-14-10-13-15-8-9-16(13)11-12-6-4-3-5-7-12/h3-9,14H,2,10-11H2,1H3. The van der Waals surface area contributed by atoms with Crippen molar-refractivity contribution in [3.05, 3.63) is 54.1 Å². The van der Waals surface area contributed by atoms with E-state index in [2.05, 4.69) is 46.1 Å². The molecule has 0 bridgehead atoms. The van der Waals surface area contributed by atoms with Gasteiger partial charge in [-0.15, -0.1) is 0 Å². The highest BCUT2D eigenvalue weighted by Crippen LogP contribution is 2.05. The van der Waals surface area contributed by atoms with Gasteiger partial charge in [0.05, 0.1) is 6.54 Å². The van der Waals surface area contributed by atoms with Crippen LogP contribution < -0.4 is 5.32 Å². The monoisotopic (exact) mass is 215 g/mol. The predicted molar refractivity (Wildman–Crippen MR) is 65.2 cm³/mol. The molecule has 0 atom stereocenters. The molecule has 3 heteroatoms. The third-order valence-corrected chi connectivity index (χ3v) is 2.53. The molecule has 1 aromatic heterocycles. The number of hydrogen-bond donors (Lipinski definition) is 1. The zero-order valence-electron chi connectivity index (χ0n) is 9.56. The summed E-state index contributed by atoms with van der Waals surface area (Å²) in [5.41, 5.74) is 1.30. The van der Waals surface area contributed by atoms with E-state index in [0.29, 0.717) is 0 Å². The smallest absolute Gasteiger partial charge is 0.122 e. The molecule has 0 unspecified atom stereocenters. The summed E-state index contributed by atoms with van der Waals surface area (Å²) < 4.78 is 2.18. The first-order chi connectivity index (χ1) is 7.90. The van der Waals surface area contributed by atoms with E-state index in [1.54, 1.807) is 0 Å². The molecular weight excluding hydrogens is 198 g/mol. The highest BCUT2D eigenvalue weighted by atomic mass is 15.1. The van der Waals surface area contributed by atoms with Crippen molar-refractivity contribution in [1.82, 2.24) is 14.9 Å². The van der Waals surface area contributed by atoms with Crippen LogP contribution in [0, 0.1) is 0 Å². The Bertz CT molecular complexity index is 420. The van der Waals surface area contributed by atoms with E-state index in [1.807, 2.05) is 18.5 Å². The molecule has 0 fully saturated rings. The number of imidazole rings is 1. The molecule has 2 rings (SSSR count). The second-order valence-corrected chi connectivity index (χ2v) is 3.74. The molecule has 2 aromatic rings. The summed E-state index contributed by atoms with van der Waals surface area (Å²) in [5, 5.41) is 3.29. The first kappa shape index (κ1) is 10.9. The molecule has 0 amide bonds. The molecule has 84 valence electrons. The number of benzene rings is 1. The Morgan fingerprint density at radius 2 is 2.06 bits per heavy atom. The minimum absolute atomic E-state index is 0.830. The van der Waals surface area contributed by atoms with E-state index < -0.39 is 0 Å². The third kappa shape index (κ3) is 2.70. The second kappa shape index (κ2) is 5.47. The van der Waals surface area contributed by atoms with Crippen molar-refractivity contribution in [2.24, 2.45) is 0 Å². The Labute approximate surface area is 96.1 Å². The van der Waals surface area contributed by atoms with Crippen molar-refractivity contribution < 1.29 is 0 Å². The Balaban J connectivity index is 2.07. The maximum atomic E-state index is 4.35. The van der Waals surface area contributed by atoms with E-state index in [-0.39, 0.29) is 0 Å². The van der Waals surface area contributed by atoms with Crippen molar-refractivity contribution in [3.8, 4) is 0 Å². The van der Waals surface area contributed by atoms with E-state index in [1.165, 1.54) is 5.56 Å². The zero-order chi connectivity index (χ0) is 11.2. The van der Waals surface area contributed by atoms with Gasteiger partial charge in [-0.2, -0.15) is 0 Å². The maximum Gasteiger partial charge on any atom is 0.122 e. The van der Waals surface area contributed by atoms with E-state index in [0.717, 1.165) is 25.5 Å². The van der Waals surface area contributed by atoms with E-state index in [9.17, 15) is 0 Å². The van der Waals surface area contributed by atoms with Gasteiger partial charge in [0.15, 0.2) is 0 Å². The number of hydrogen-bond acceptors (Lipinski definition) is 2. The Morgan fingerprint density at radius 1 is 1.25 bits per heavy atom. The summed E-state index contributed by atoms with van der Waals surface area (Å²) in [6.45, 7) is 4.79. The molecule has 1 heterocycles. The molecule has 1 aromatic carbocycles. The molecule has 0 saturated heterocycles. The number of rotatable bonds is 5. The molecule has 0 spiro atoms. The summed E-state index contributed by atoms with van der Waals surface area (Å²) >= 11 is 0. The third-order valence-electron chi connectivity index (χ3n) is 2.53. The normalized spacial score (nSPS) is 10.6. The first-order valence-corrected chi connectivity index (χ1v) is 5.65. The fourth-order valence-corrected chi connectivity index (χ4v) is 1.67. The summed E-state index contributed by atoms with van der Waals surface area (Å²) in [6, 6.07) is 10.4. The highest BCUT2D eigenvalue weighted by molar-refractivity contribution is 5.15. The fourth-order valence-electron chi connectivity index (χ4n) is 1.67. The lowest BCUT2D eigenvalue weighted by Crippen LogP contribution is -2.16. The van der Waals surface area contributed by atoms with Gasteiger partial charge in [-0.25, -0.2) is 4.98 Å². The molecule has 0 saturated carbocycles.